The number of urea groups is 1. The van der Waals surface area contributed by atoms with Crippen LogP contribution in [0.2, 0.25) is 0 Å². The number of nitrogens with one attached hydrogen (secondary N) is 1. The van der Waals surface area contributed by atoms with Gasteiger partial charge in [0.1, 0.15) is 0 Å². The minimum atomic E-state index is -0.000868. The van der Waals surface area contributed by atoms with Crippen LogP contribution >= 0.6 is 0 Å². The largest absolute Gasteiger partial charge is 0.336 e. The van der Waals surface area contributed by atoms with Crippen molar-refractivity contribution in [3.63, 3.8) is 0 Å². The first kappa shape index (κ1) is 12.0. The van der Waals surface area contributed by atoms with E-state index in [0.29, 0.717) is 0 Å². The first-order valence-corrected chi connectivity index (χ1v) is 4.70. The van der Waals surface area contributed by atoms with Gasteiger partial charge in [0.15, 0.2) is 0 Å². The minimum absolute atomic E-state index is 0.000868. The number of nitrogens with zero attached hydrogens (tertiary/aromatic N) is 1. The lowest BCUT2D eigenvalue weighted by molar-refractivity contribution is 0.206. The standard InChI is InChI=1S/C10H20N2O/c1-5-6-7-8-12(4)10(13)11-9(2)3/h5,9H,1,6-8H2,2-4H3,(H,11,13). The summed E-state index contributed by atoms with van der Waals surface area (Å²) in [6.07, 6.45) is 3.80. The Morgan fingerprint density at radius 1 is 1.62 bits per heavy atom. The van der Waals surface area contributed by atoms with E-state index >= 15 is 0 Å². The molecule has 0 saturated carbocycles. The average molecular weight is 184 g/mol. The number of unbranched alkanes of at least 4 members (excludes halogenated alkanes) is 1. The molecule has 0 aromatic heterocycles. The average Bonchev–Trinajstić information content (AvgIpc) is 2.03. The van der Waals surface area contributed by atoms with E-state index in [1.54, 1.807) is 11.9 Å². The molecule has 0 aliphatic rings. The van der Waals surface area contributed by atoms with Crippen molar-refractivity contribution in [1.29, 1.82) is 0 Å². The maximum atomic E-state index is 11.3. The minimum Gasteiger partial charge on any atom is -0.336 e. The normalized spacial score (nSPS) is 9.85. The Morgan fingerprint density at radius 2 is 2.23 bits per heavy atom. The fourth-order valence-corrected chi connectivity index (χ4v) is 0.931. The van der Waals surface area contributed by atoms with E-state index in [1.807, 2.05) is 19.9 Å². The zero-order chi connectivity index (χ0) is 10.3. The van der Waals surface area contributed by atoms with Crippen LogP contribution in [-0.2, 0) is 0 Å². The van der Waals surface area contributed by atoms with Gasteiger partial charge in [-0.2, -0.15) is 0 Å². The summed E-state index contributed by atoms with van der Waals surface area (Å²) in [4.78, 5) is 13.0. The Hall–Kier alpha value is -0.990. The molecular weight excluding hydrogens is 164 g/mol. The molecule has 0 bridgehead atoms. The summed E-state index contributed by atoms with van der Waals surface area (Å²) < 4.78 is 0. The molecule has 0 heterocycles. The molecule has 0 fully saturated rings. The van der Waals surface area contributed by atoms with Gasteiger partial charge >= 0.3 is 6.03 Å². The summed E-state index contributed by atoms with van der Waals surface area (Å²) in [5.41, 5.74) is 0. The van der Waals surface area contributed by atoms with Gasteiger partial charge in [-0.05, 0) is 26.7 Å². The highest BCUT2D eigenvalue weighted by molar-refractivity contribution is 5.74. The molecule has 2 amide bonds. The van der Waals surface area contributed by atoms with Crippen LogP contribution in [0.15, 0.2) is 12.7 Å². The number of hydrogen-bond acceptors (Lipinski definition) is 1. The van der Waals surface area contributed by atoms with Crippen LogP contribution in [0, 0.1) is 0 Å². The Morgan fingerprint density at radius 3 is 2.69 bits per heavy atom. The van der Waals surface area contributed by atoms with Gasteiger partial charge in [-0.15, -0.1) is 6.58 Å². The second-order valence-corrected chi connectivity index (χ2v) is 3.46. The maximum absolute atomic E-state index is 11.3. The van der Waals surface area contributed by atoms with Gasteiger partial charge in [0.05, 0.1) is 0 Å². The van der Waals surface area contributed by atoms with E-state index in [0.717, 1.165) is 19.4 Å². The smallest absolute Gasteiger partial charge is 0.317 e. The third-order valence-corrected chi connectivity index (χ3v) is 1.66. The summed E-state index contributed by atoms with van der Waals surface area (Å²) in [5, 5.41) is 2.83. The molecular formula is C10H20N2O. The fourth-order valence-electron chi connectivity index (χ4n) is 0.931. The molecule has 0 aromatic rings. The molecule has 0 atom stereocenters. The summed E-state index contributed by atoms with van der Waals surface area (Å²) in [5.74, 6) is 0. The van der Waals surface area contributed by atoms with E-state index in [4.69, 9.17) is 0 Å². The van der Waals surface area contributed by atoms with Crippen LogP contribution in [0.1, 0.15) is 26.7 Å². The molecule has 3 heteroatoms. The Bertz CT molecular complexity index is 166. The van der Waals surface area contributed by atoms with Crippen LogP contribution in [-0.4, -0.2) is 30.6 Å². The lowest BCUT2D eigenvalue weighted by Gasteiger charge is -2.19. The SMILES string of the molecule is C=CCCCN(C)C(=O)NC(C)C. The van der Waals surface area contributed by atoms with Crippen molar-refractivity contribution in [2.75, 3.05) is 13.6 Å². The molecule has 0 rings (SSSR count). The third-order valence-electron chi connectivity index (χ3n) is 1.66. The van der Waals surface area contributed by atoms with Crippen LogP contribution < -0.4 is 5.32 Å². The Kier molecular flexibility index (Phi) is 6.02. The van der Waals surface area contributed by atoms with Crippen molar-refractivity contribution in [1.82, 2.24) is 10.2 Å². The predicted molar refractivity (Wildman–Crippen MR) is 55.7 cm³/mol. The molecule has 3 nitrogen and oxygen atoms in total. The molecule has 13 heavy (non-hydrogen) atoms. The lowest BCUT2D eigenvalue weighted by Crippen LogP contribution is -2.41. The number of carbonyl (C=O) groups is 1. The molecule has 0 unspecified atom stereocenters. The summed E-state index contributed by atoms with van der Waals surface area (Å²) in [6, 6.07) is 0.202. The number of allylic oxidation sites excluding steroid dienone is 1. The summed E-state index contributed by atoms with van der Waals surface area (Å²) in [6.45, 7) is 8.32. The number of rotatable bonds is 5. The van der Waals surface area contributed by atoms with Gasteiger partial charge in [-0.1, -0.05) is 6.08 Å². The monoisotopic (exact) mass is 184 g/mol. The van der Waals surface area contributed by atoms with Gasteiger partial charge in [0, 0.05) is 19.6 Å². The molecule has 0 aliphatic heterocycles. The van der Waals surface area contributed by atoms with E-state index in [2.05, 4.69) is 11.9 Å². The second kappa shape index (κ2) is 6.52. The van der Waals surface area contributed by atoms with Crippen molar-refractivity contribution in [2.45, 2.75) is 32.7 Å². The van der Waals surface area contributed by atoms with Gasteiger partial charge < -0.3 is 10.2 Å². The molecule has 0 aromatic carbocycles. The first-order valence-electron chi connectivity index (χ1n) is 4.70. The van der Waals surface area contributed by atoms with Gasteiger partial charge in [0.2, 0.25) is 0 Å². The zero-order valence-corrected chi connectivity index (χ0v) is 8.84. The van der Waals surface area contributed by atoms with Crippen molar-refractivity contribution >= 4 is 6.03 Å². The molecule has 76 valence electrons. The quantitative estimate of drug-likeness (QED) is 0.514. The summed E-state index contributed by atoms with van der Waals surface area (Å²) in [7, 11) is 1.81. The molecule has 0 saturated heterocycles. The first-order chi connectivity index (χ1) is 6.07. The van der Waals surface area contributed by atoms with E-state index < -0.39 is 0 Å². The van der Waals surface area contributed by atoms with Crippen LogP contribution in [0.3, 0.4) is 0 Å². The highest BCUT2D eigenvalue weighted by atomic mass is 16.2. The van der Waals surface area contributed by atoms with E-state index in [9.17, 15) is 4.79 Å². The molecule has 1 N–H and O–H groups in total. The molecule has 0 aliphatic carbocycles. The Balaban J connectivity index is 3.62. The van der Waals surface area contributed by atoms with Gasteiger partial charge in [0.25, 0.3) is 0 Å². The molecule has 0 spiro atoms. The van der Waals surface area contributed by atoms with Crippen molar-refractivity contribution in [3.05, 3.63) is 12.7 Å². The highest BCUT2D eigenvalue weighted by Crippen LogP contribution is 1.94. The second-order valence-electron chi connectivity index (χ2n) is 3.46. The third kappa shape index (κ3) is 6.20. The molecule has 0 radical (unpaired) electrons. The zero-order valence-electron chi connectivity index (χ0n) is 8.84. The fraction of sp³-hybridized carbons (Fsp3) is 0.700. The van der Waals surface area contributed by atoms with Gasteiger partial charge in [-0.25, -0.2) is 4.79 Å². The summed E-state index contributed by atoms with van der Waals surface area (Å²) >= 11 is 0. The predicted octanol–water partition coefficient (Wildman–Crippen LogP) is 2.00. The van der Waals surface area contributed by atoms with Gasteiger partial charge in [-0.3, -0.25) is 0 Å². The number of carbonyl (C=O) groups excluding carboxylic acids is 1. The van der Waals surface area contributed by atoms with Crippen molar-refractivity contribution in [2.24, 2.45) is 0 Å². The number of amides is 2. The highest BCUT2D eigenvalue weighted by Gasteiger charge is 2.07. The lowest BCUT2D eigenvalue weighted by atomic mass is 10.3. The van der Waals surface area contributed by atoms with Crippen LogP contribution in [0.5, 0.6) is 0 Å². The maximum Gasteiger partial charge on any atom is 0.317 e. The topological polar surface area (TPSA) is 32.3 Å². The Labute approximate surface area is 80.8 Å². The van der Waals surface area contributed by atoms with E-state index in [1.165, 1.54) is 0 Å². The van der Waals surface area contributed by atoms with Crippen LogP contribution in [0.4, 0.5) is 4.79 Å². The number of hydrogen-bond donors (Lipinski definition) is 1. The van der Waals surface area contributed by atoms with Crippen LogP contribution in [0.25, 0.3) is 0 Å². The van der Waals surface area contributed by atoms with Crippen molar-refractivity contribution in [3.8, 4) is 0 Å². The van der Waals surface area contributed by atoms with Crippen molar-refractivity contribution < 1.29 is 4.79 Å². The van der Waals surface area contributed by atoms with E-state index in [-0.39, 0.29) is 12.1 Å².